The van der Waals surface area contributed by atoms with E-state index >= 15 is 0 Å². The molecule has 0 saturated heterocycles. The highest BCUT2D eigenvalue weighted by atomic mass is 16.5. The van der Waals surface area contributed by atoms with Crippen molar-refractivity contribution in [2.24, 2.45) is 0 Å². The molecule has 3 aromatic heterocycles. The third-order valence-corrected chi connectivity index (χ3v) is 4.48. The van der Waals surface area contributed by atoms with Crippen molar-refractivity contribution in [2.75, 3.05) is 13.7 Å². The van der Waals surface area contributed by atoms with Crippen molar-refractivity contribution < 1.29 is 14.3 Å². The van der Waals surface area contributed by atoms with E-state index < -0.39 is 5.97 Å². The second-order valence-electron chi connectivity index (χ2n) is 6.24. The van der Waals surface area contributed by atoms with E-state index in [2.05, 4.69) is 10.1 Å². The Hall–Kier alpha value is -3.68. The van der Waals surface area contributed by atoms with E-state index in [9.17, 15) is 9.59 Å². The Morgan fingerprint density at radius 3 is 2.79 bits per heavy atom. The third kappa shape index (κ3) is 2.70. The number of fused-ring (bicyclic) bond motifs is 3. The number of esters is 1. The monoisotopic (exact) mass is 378 g/mol. The number of hydrogen-bond donors (Lipinski definition) is 0. The van der Waals surface area contributed by atoms with Gasteiger partial charge in [0.1, 0.15) is 11.3 Å². The molecule has 0 radical (unpaired) electrons. The van der Waals surface area contributed by atoms with Crippen LogP contribution in [0.2, 0.25) is 0 Å². The number of pyridine rings is 1. The molecule has 0 aliphatic rings. The molecule has 8 nitrogen and oxygen atoms in total. The van der Waals surface area contributed by atoms with Gasteiger partial charge in [-0.1, -0.05) is 6.07 Å². The van der Waals surface area contributed by atoms with Gasteiger partial charge in [-0.25, -0.2) is 14.3 Å². The van der Waals surface area contributed by atoms with E-state index in [1.54, 1.807) is 26.3 Å². The number of methoxy groups -OCH3 is 1. The summed E-state index contributed by atoms with van der Waals surface area (Å²) in [5, 5.41) is 4.59. The number of aromatic nitrogens is 4. The first-order valence-electron chi connectivity index (χ1n) is 8.75. The number of nitrogens with zero attached hydrogens (tertiary/aromatic N) is 4. The molecule has 0 bridgehead atoms. The summed E-state index contributed by atoms with van der Waals surface area (Å²) < 4.78 is 13.4. The minimum absolute atomic E-state index is 0.257. The van der Waals surface area contributed by atoms with Crippen molar-refractivity contribution in [1.29, 1.82) is 0 Å². The molecule has 0 unspecified atom stereocenters. The summed E-state index contributed by atoms with van der Waals surface area (Å²) in [5.41, 5.74) is 2.53. The molecular weight excluding hydrogens is 360 g/mol. The van der Waals surface area contributed by atoms with Crippen molar-refractivity contribution in [3.63, 3.8) is 0 Å². The summed E-state index contributed by atoms with van der Waals surface area (Å²) in [7, 11) is 1.56. The van der Waals surface area contributed by atoms with Crippen LogP contribution in [0.1, 0.15) is 22.8 Å². The molecular formula is C20H18N4O4. The van der Waals surface area contributed by atoms with Gasteiger partial charge in [-0.05, 0) is 37.6 Å². The van der Waals surface area contributed by atoms with Gasteiger partial charge in [0, 0.05) is 12.4 Å². The summed E-state index contributed by atoms with van der Waals surface area (Å²) in [6, 6.07) is 7.38. The van der Waals surface area contributed by atoms with Crippen LogP contribution in [-0.2, 0) is 4.74 Å². The normalized spacial score (nSPS) is 11.1. The Morgan fingerprint density at radius 2 is 2.04 bits per heavy atom. The molecule has 3 heterocycles. The van der Waals surface area contributed by atoms with Crippen LogP contribution in [0.15, 0.2) is 47.7 Å². The molecule has 0 saturated carbocycles. The molecule has 4 aromatic rings. The lowest BCUT2D eigenvalue weighted by atomic mass is 10.2. The number of ether oxygens (including phenoxy) is 2. The first-order valence-corrected chi connectivity index (χ1v) is 8.75. The molecule has 0 amide bonds. The van der Waals surface area contributed by atoms with E-state index in [1.165, 1.54) is 21.5 Å². The van der Waals surface area contributed by atoms with Crippen LogP contribution in [0, 0.1) is 6.92 Å². The number of rotatable bonds is 4. The van der Waals surface area contributed by atoms with Crippen LogP contribution in [0.5, 0.6) is 5.75 Å². The van der Waals surface area contributed by atoms with Crippen LogP contribution >= 0.6 is 0 Å². The Balaban J connectivity index is 1.94. The first kappa shape index (κ1) is 17.7. The quantitative estimate of drug-likeness (QED) is 0.507. The molecule has 1 aromatic carbocycles. The second kappa shape index (κ2) is 6.80. The highest BCUT2D eigenvalue weighted by molar-refractivity contribution is 5.97. The largest absolute Gasteiger partial charge is 0.495 e. The van der Waals surface area contributed by atoms with Crippen molar-refractivity contribution in [3.8, 4) is 11.4 Å². The lowest BCUT2D eigenvalue weighted by Gasteiger charge is -2.12. The fourth-order valence-corrected chi connectivity index (χ4v) is 3.15. The highest BCUT2D eigenvalue weighted by Gasteiger charge is 2.18. The maximum Gasteiger partial charge on any atom is 0.343 e. The van der Waals surface area contributed by atoms with Gasteiger partial charge in [-0.3, -0.25) is 9.36 Å². The van der Waals surface area contributed by atoms with Crippen molar-refractivity contribution in [2.45, 2.75) is 13.8 Å². The molecule has 0 atom stereocenters. The van der Waals surface area contributed by atoms with Crippen LogP contribution in [0.3, 0.4) is 0 Å². The zero-order valence-corrected chi connectivity index (χ0v) is 15.7. The summed E-state index contributed by atoms with van der Waals surface area (Å²) in [4.78, 5) is 29.5. The number of aryl methyl sites for hydroxylation is 1. The van der Waals surface area contributed by atoms with Gasteiger partial charge in [0.2, 0.25) is 0 Å². The summed E-state index contributed by atoms with van der Waals surface area (Å²) >= 11 is 0. The van der Waals surface area contributed by atoms with Crippen molar-refractivity contribution in [1.82, 2.24) is 19.2 Å². The van der Waals surface area contributed by atoms with Gasteiger partial charge < -0.3 is 9.47 Å². The van der Waals surface area contributed by atoms with Crippen molar-refractivity contribution in [3.05, 3.63) is 64.3 Å². The predicted octanol–water partition coefficient (Wildman–Crippen LogP) is 2.53. The number of carbonyl (C=O) groups excluding carboxylic acids is 1. The van der Waals surface area contributed by atoms with Crippen LogP contribution in [0.4, 0.5) is 0 Å². The molecule has 142 valence electrons. The zero-order chi connectivity index (χ0) is 19.8. The standard InChI is InChI=1S/C20H18N4O4/c1-4-28-20(26)14-11-22-24-15-7-8-23(19(25)13(15)10-21-18(14)24)16-9-12(2)5-6-17(16)27-3/h5-11H,4H2,1-3H3. The predicted molar refractivity (Wildman–Crippen MR) is 103 cm³/mol. The van der Waals surface area contributed by atoms with Gasteiger partial charge in [-0.2, -0.15) is 5.10 Å². The molecule has 28 heavy (non-hydrogen) atoms. The zero-order valence-electron chi connectivity index (χ0n) is 15.7. The van der Waals surface area contributed by atoms with Gasteiger partial charge >= 0.3 is 5.97 Å². The SMILES string of the molecule is CCOC(=O)c1cnn2c1ncc1c(=O)n(-c3cc(C)ccc3OC)ccc12. The Bertz CT molecular complexity index is 1270. The first-order chi connectivity index (χ1) is 13.5. The average Bonchev–Trinajstić information content (AvgIpc) is 3.13. The smallest absolute Gasteiger partial charge is 0.343 e. The van der Waals surface area contributed by atoms with Crippen LogP contribution < -0.4 is 10.3 Å². The van der Waals surface area contributed by atoms with Crippen molar-refractivity contribution >= 4 is 22.5 Å². The number of hydrogen-bond acceptors (Lipinski definition) is 6. The second-order valence-corrected chi connectivity index (χ2v) is 6.24. The topological polar surface area (TPSA) is 87.7 Å². The summed E-state index contributed by atoms with van der Waals surface area (Å²) in [6.07, 6.45) is 4.51. The van der Waals surface area contributed by atoms with Gasteiger partial charge in [-0.15, -0.1) is 0 Å². The fraction of sp³-hybridized carbons (Fsp3) is 0.200. The Morgan fingerprint density at radius 1 is 1.21 bits per heavy atom. The molecule has 8 heteroatoms. The molecule has 4 rings (SSSR count). The molecule has 0 fully saturated rings. The summed E-state index contributed by atoms with van der Waals surface area (Å²) in [5.74, 6) is 0.0898. The van der Waals surface area contributed by atoms with E-state index in [-0.39, 0.29) is 17.7 Å². The molecule has 0 aliphatic heterocycles. The number of benzene rings is 1. The van der Waals surface area contributed by atoms with Crippen LogP contribution in [0.25, 0.3) is 22.2 Å². The molecule has 0 spiro atoms. The third-order valence-electron chi connectivity index (χ3n) is 4.48. The van der Waals surface area contributed by atoms with Gasteiger partial charge in [0.25, 0.3) is 5.56 Å². The van der Waals surface area contributed by atoms with E-state index in [0.717, 1.165) is 5.56 Å². The highest BCUT2D eigenvalue weighted by Crippen LogP contribution is 2.24. The maximum atomic E-state index is 13.1. The van der Waals surface area contributed by atoms with E-state index in [0.29, 0.717) is 28.0 Å². The average molecular weight is 378 g/mol. The van der Waals surface area contributed by atoms with Gasteiger partial charge in [0.05, 0.1) is 36.5 Å². The lowest BCUT2D eigenvalue weighted by molar-refractivity contribution is 0.0528. The van der Waals surface area contributed by atoms with E-state index in [4.69, 9.17) is 9.47 Å². The lowest BCUT2D eigenvalue weighted by Crippen LogP contribution is -2.19. The van der Waals surface area contributed by atoms with E-state index in [1.807, 2.05) is 25.1 Å². The van der Waals surface area contributed by atoms with Crippen LogP contribution in [-0.4, -0.2) is 38.9 Å². The minimum atomic E-state index is -0.498. The number of carbonyl (C=O) groups is 1. The van der Waals surface area contributed by atoms with Gasteiger partial charge in [0.15, 0.2) is 5.65 Å². The Labute approximate surface area is 160 Å². The maximum absolute atomic E-state index is 13.1. The summed E-state index contributed by atoms with van der Waals surface area (Å²) in [6.45, 7) is 3.93. The fourth-order valence-electron chi connectivity index (χ4n) is 3.15. The molecule has 0 aliphatic carbocycles. The minimum Gasteiger partial charge on any atom is -0.495 e. The molecule has 0 N–H and O–H groups in total. The Kier molecular flexibility index (Phi) is 4.31.